The van der Waals surface area contributed by atoms with E-state index in [2.05, 4.69) is 15.6 Å². The van der Waals surface area contributed by atoms with Crippen LogP contribution in [-0.4, -0.2) is 21.4 Å². The molecular weight excluding hydrogens is 384 g/mol. The highest BCUT2D eigenvalue weighted by Crippen LogP contribution is 2.22. The van der Waals surface area contributed by atoms with Gasteiger partial charge < -0.3 is 10.6 Å². The van der Waals surface area contributed by atoms with Crippen molar-refractivity contribution in [2.75, 3.05) is 10.6 Å². The van der Waals surface area contributed by atoms with Crippen LogP contribution in [0.5, 0.6) is 0 Å². The maximum absolute atomic E-state index is 12.4. The fraction of sp³-hybridized carbons (Fsp3) is 0.0526. The molecule has 28 heavy (non-hydrogen) atoms. The van der Waals surface area contributed by atoms with Crippen molar-refractivity contribution >= 4 is 34.8 Å². The molecule has 0 bridgehead atoms. The molecule has 1 aromatic heterocycles. The molecule has 0 spiro atoms. The molecule has 0 aliphatic heterocycles. The van der Waals surface area contributed by atoms with Gasteiger partial charge in [-0.05, 0) is 36.4 Å². The number of hydrogen-bond donors (Lipinski definition) is 3. The van der Waals surface area contributed by atoms with E-state index in [1.54, 1.807) is 48.5 Å². The van der Waals surface area contributed by atoms with Gasteiger partial charge >= 0.3 is 5.69 Å². The minimum atomic E-state index is -0.688. The first-order chi connectivity index (χ1) is 13.4. The molecule has 8 nitrogen and oxygen atoms in total. The highest BCUT2D eigenvalue weighted by molar-refractivity contribution is 6.30. The Morgan fingerprint density at radius 1 is 0.929 bits per heavy atom. The molecule has 0 fully saturated rings. The molecule has 2 aromatic carbocycles. The van der Waals surface area contributed by atoms with Crippen LogP contribution in [0.3, 0.4) is 0 Å². The van der Waals surface area contributed by atoms with Gasteiger partial charge in [0.05, 0.1) is 11.4 Å². The summed E-state index contributed by atoms with van der Waals surface area (Å²) in [6, 6.07) is 14.2. The van der Waals surface area contributed by atoms with Crippen LogP contribution in [0.2, 0.25) is 5.02 Å². The van der Waals surface area contributed by atoms with E-state index >= 15 is 0 Å². The molecule has 0 radical (unpaired) electrons. The summed E-state index contributed by atoms with van der Waals surface area (Å²) in [7, 11) is 0. The number of aromatic nitrogens is 2. The average molecular weight is 399 g/mol. The smallest absolute Gasteiger partial charge is 0.323 e. The predicted molar refractivity (Wildman–Crippen MR) is 106 cm³/mol. The number of amides is 2. The van der Waals surface area contributed by atoms with Crippen LogP contribution in [0.4, 0.5) is 11.4 Å². The number of para-hydroxylation sites is 2. The van der Waals surface area contributed by atoms with Gasteiger partial charge in [-0.3, -0.25) is 23.9 Å². The van der Waals surface area contributed by atoms with Crippen LogP contribution in [0.25, 0.3) is 0 Å². The zero-order valence-corrected chi connectivity index (χ0v) is 15.2. The summed E-state index contributed by atoms with van der Waals surface area (Å²) in [5, 5.41) is 5.88. The Morgan fingerprint density at radius 2 is 1.57 bits per heavy atom. The van der Waals surface area contributed by atoms with Crippen molar-refractivity contribution in [3.63, 3.8) is 0 Å². The maximum Gasteiger partial charge on any atom is 0.328 e. The van der Waals surface area contributed by atoms with E-state index in [9.17, 15) is 19.2 Å². The van der Waals surface area contributed by atoms with Gasteiger partial charge in [0, 0.05) is 22.8 Å². The third kappa shape index (κ3) is 4.74. The second-order valence-corrected chi connectivity index (χ2v) is 6.23. The molecule has 0 unspecified atom stereocenters. The van der Waals surface area contributed by atoms with Gasteiger partial charge in [-0.15, -0.1) is 0 Å². The monoisotopic (exact) mass is 398 g/mol. The number of halogens is 1. The highest BCUT2D eigenvalue weighted by Gasteiger charge is 2.12. The Bertz CT molecular complexity index is 1140. The lowest BCUT2D eigenvalue weighted by molar-refractivity contribution is -0.116. The second kappa shape index (κ2) is 8.36. The Hall–Kier alpha value is -3.65. The van der Waals surface area contributed by atoms with E-state index in [1.807, 2.05) is 0 Å². The van der Waals surface area contributed by atoms with Crippen molar-refractivity contribution in [2.45, 2.75) is 6.54 Å². The molecule has 0 saturated heterocycles. The van der Waals surface area contributed by atoms with Gasteiger partial charge in [0.15, 0.2) is 0 Å². The van der Waals surface area contributed by atoms with Crippen LogP contribution in [0.1, 0.15) is 10.4 Å². The molecule has 2 amide bonds. The van der Waals surface area contributed by atoms with Gasteiger partial charge in [0.2, 0.25) is 5.91 Å². The van der Waals surface area contributed by atoms with Crippen molar-refractivity contribution in [1.29, 1.82) is 0 Å². The molecule has 3 aromatic rings. The number of hydrogen-bond acceptors (Lipinski definition) is 4. The second-order valence-electron chi connectivity index (χ2n) is 5.79. The fourth-order valence-electron chi connectivity index (χ4n) is 2.41. The number of H-pyrrole nitrogens is 1. The molecule has 142 valence electrons. The summed E-state index contributed by atoms with van der Waals surface area (Å²) in [4.78, 5) is 49.5. The molecule has 0 atom stereocenters. The largest absolute Gasteiger partial charge is 0.328 e. The molecule has 0 aliphatic carbocycles. The maximum atomic E-state index is 12.4. The summed E-state index contributed by atoms with van der Waals surface area (Å²) in [6.45, 7) is -0.297. The molecule has 3 rings (SSSR count). The molecule has 9 heteroatoms. The first-order valence-electron chi connectivity index (χ1n) is 8.18. The van der Waals surface area contributed by atoms with Crippen LogP contribution in [0, 0.1) is 0 Å². The Morgan fingerprint density at radius 3 is 2.21 bits per heavy atom. The topological polar surface area (TPSA) is 113 Å². The Balaban J connectivity index is 1.73. The van der Waals surface area contributed by atoms with Crippen molar-refractivity contribution in [2.24, 2.45) is 0 Å². The van der Waals surface area contributed by atoms with Crippen molar-refractivity contribution < 1.29 is 9.59 Å². The predicted octanol–water partition coefficient (Wildman–Crippen LogP) is 2.08. The van der Waals surface area contributed by atoms with E-state index in [-0.39, 0.29) is 12.5 Å². The number of nitrogens with one attached hydrogen (secondary N) is 3. The highest BCUT2D eigenvalue weighted by atomic mass is 35.5. The number of carbonyl (C=O) groups excluding carboxylic acids is 2. The Labute approximate surface area is 163 Å². The number of carbonyl (C=O) groups is 2. The van der Waals surface area contributed by atoms with Crippen molar-refractivity contribution in [1.82, 2.24) is 9.55 Å². The number of anilines is 2. The quantitative estimate of drug-likeness (QED) is 0.610. The van der Waals surface area contributed by atoms with Gasteiger partial charge in [-0.1, -0.05) is 23.7 Å². The van der Waals surface area contributed by atoms with E-state index in [0.717, 1.165) is 10.6 Å². The fourth-order valence-corrected chi connectivity index (χ4v) is 2.54. The zero-order valence-electron chi connectivity index (χ0n) is 14.4. The normalized spacial score (nSPS) is 10.3. The number of rotatable bonds is 5. The standard InChI is InChI=1S/C19H15ClN4O4/c20-13-7-5-12(6-8-13)18(27)22-15-4-2-1-3-14(15)21-17(26)11-24-10-9-16(25)23-19(24)28/h1-10H,11H2,(H,21,26)(H,22,27)(H,23,25,28). The van der Waals surface area contributed by atoms with Gasteiger partial charge in [-0.25, -0.2) is 4.79 Å². The van der Waals surface area contributed by atoms with Crippen LogP contribution in [-0.2, 0) is 11.3 Å². The van der Waals surface area contributed by atoms with Gasteiger partial charge in [0.1, 0.15) is 6.54 Å². The minimum Gasteiger partial charge on any atom is -0.323 e. The lowest BCUT2D eigenvalue weighted by atomic mass is 10.2. The third-order valence-corrected chi connectivity index (χ3v) is 4.02. The van der Waals surface area contributed by atoms with E-state index in [0.29, 0.717) is 22.0 Å². The first kappa shape index (κ1) is 19.1. The Kier molecular flexibility index (Phi) is 5.71. The molecule has 0 aliphatic rings. The summed E-state index contributed by atoms with van der Waals surface area (Å²) in [6.07, 6.45) is 1.23. The number of benzene rings is 2. The van der Waals surface area contributed by atoms with Crippen molar-refractivity contribution in [3.8, 4) is 0 Å². The van der Waals surface area contributed by atoms with Crippen molar-refractivity contribution in [3.05, 3.63) is 92.2 Å². The average Bonchev–Trinajstić information content (AvgIpc) is 2.66. The zero-order chi connectivity index (χ0) is 20.1. The molecule has 0 saturated carbocycles. The van der Waals surface area contributed by atoms with E-state index in [4.69, 9.17) is 11.6 Å². The lowest BCUT2D eigenvalue weighted by Crippen LogP contribution is -2.32. The van der Waals surface area contributed by atoms with Crippen LogP contribution < -0.4 is 21.9 Å². The molecular formula is C19H15ClN4O4. The van der Waals surface area contributed by atoms with Crippen LogP contribution >= 0.6 is 11.6 Å². The first-order valence-corrected chi connectivity index (χ1v) is 8.56. The molecule has 3 N–H and O–H groups in total. The third-order valence-electron chi connectivity index (χ3n) is 3.77. The summed E-state index contributed by atoms with van der Waals surface area (Å²) >= 11 is 5.82. The van der Waals surface area contributed by atoms with E-state index in [1.165, 1.54) is 6.20 Å². The van der Waals surface area contributed by atoms with Crippen LogP contribution in [0.15, 0.2) is 70.4 Å². The van der Waals surface area contributed by atoms with Gasteiger partial charge in [0.25, 0.3) is 11.5 Å². The summed E-state index contributed by atoms with van der Waals surface area (Å²) in [5.41, 5.74) is -0.0638. The minimum absolute atomic E-state index is 0.297. The van der Waals surface area contributed by atoms with Gasteiger partial charge in [-0.2, -0.15) is 0 Å². The number of nitrogens with zero attached hydrogens (tertiary/aromatic N) is 1. The summed E-state index contributed by atoms with van der Waals surface area (Å²) < 4.78 is 1.06. The summed E-state index contributed by atoms with van der Waals surface area (Å²) in [5.74, 6) is -0.863. The molecule has 1 heterocycles. The SMILES string of the molecule is O=C(Cn1ccc(=O)[nH]c1=O)Nc1ccccc1NC(=O)c1ccc(Cl)cc1. The number of aromatic amines is 1. The lowest BCUT2D eigenvalue weighted by Gasteiger charge is -2.13. The van der Waals surface area contributed by atoms with E-state index < -0.39 is 17.2 Å².